The third-order valence-electron chi connectivity index (χ3n) is 2.86. The van der Waals surface area contributed by atoms with E-state index in [1.165, 1.54) is 6.42 Å². The van der Waals surface area contributed by atoms with Gasteiger partial charge >= 0.3 is 0 Å². The highest BCUT2D eigenvalue weighted by Crippen LogP contribution is 2.20. The molecule has 1 aromatic carbocycles. The van der Waals surface area contributed by atoms with Gasteiger partial charge in [0.1, 0.15) is 18.4 Å². The highest BCUT2D eigenvalue weighted by Gasteiger charge is 2.15. The van der Waals surface area contributed by atoms with Crippen molar-refractivity contribution >= 4 is 0 Å². The summed E-state index contributed by atoms with van der Waals surface area (Å²) in [6.45, 7) is 3.73. The van der Waals surface area contributed by atoms with Gasteiger partial charge in [-0.1, -0.05) is 6.07 Å². The molecule has 1 aliphatic heterocycles. The van der Waals surface area contributed by atoms with Crippen LogP contribution in [0.1, 0.15) is 24.0 Å². The molecule has 1 heterocycles. The maximum Gasteiger partial charge on any atom is 0.137 e. The average molecular weight is 216 g/mol. The Morgan fingerprint density at radius 2 is 2.44 bits per heavy atom. The fourth-order valence-corrected chi connectivity index (χ4v) is 1.93. The van der Waals surface area contributed by atoms with Crippen LogP contribution in [-0.2, 0) is 0 Å². The van der Waals surface area contributed by atoms with Crippen LogP contribution in [0.25, 0.3) is 0 Å². The van der Waals surface area contributed by atoms with Crippen molar-refractivity contribution in [2.45, 2.75) is 25.8 Å². The maximum atomic E-state index is 8.96. The predicted molar refractivity (Wildman–Crippen MR) is 62.4 cm³/mol. The topological polar surface area (TPSA) is 45.0 Å². The van der Waals surface area contributed by atoms with E-state index < -0.39 is 0 Å². The minimum Gasteiger partial charge on any atom is -0.491 e. The molecular weight excluding hydrogens is 200 g/mol. The molecule has 1 saturated heterocycles. The molecule has 2 rings (SSSR count). The lowest BCUT2D eigenvalue weighted by atomic mass is 10.1. The summed E-state index contributed by atoms with van der Waals surface area (Å²) in [5.41, 5.74) is 1.73. The summed E-state index contributed by atoms with van der Waals surface area (Å²) in [6, 6.07) is 8.26. The van der Waals surface area contributed by atoms with Gasteiger partial charge in [0.05, 0.1) is 5.56 Å². The largest absolute Gasteiger partial charge is 0.491 e. The number of ether oxygens (including phenoxy) is 1. The zero-order valence-corrected chi connectivity index (χ0v) is 9.49. The van der Waals surface area contributed by atoms with E-state index in [-0.39, 0.29) is 0 Å². The van der Waals surface area contributed by atoms with Gasteiger partial charge in [-0.2, -0.15) is 5.26 Å². The van der Waals surface area contributed by atoms with Crippen molar-refractivity contribution in [3.8, 4) is 11.8 Å². The first-order valence-electron chi connectivity index (χ1n) is 5.66. The van der Waals surface area contributed by atoms with Gasteiger partial charge in [-0.3, -0.25) is 0 Å². The second-order valence-corrected chi connectivity index (χ2v) is 4.22. The number of nitriles is 1. The molecule has 84 valence electrons. The Hall–Kier alpha value is -1.53. The fourth-order valence-electron chi connectivity index (χ4n) is 1.93. The van der Waals surface area contributed by atoms with Gasteiger partial charge in [0, 0.05) is 6.04 Å². The molecule has 0 amide bonds. The average Bonchev–Trinajstić information content (AvgIpc) is 2.79. The third kappa shape index (κ3) is 2.53. The Bertz CT molecular complexity index is 403. The van der Waals surface area contributed by atoms with Gasteiger partial charge in [-0.05, 0) is 44.0 Å². The monoisotopic (exact) mass is 216 g/mol. The van der Waals surface area contributed by atoms with Crippen LogP contribution < -0.4 is 10.1 Å². The summed E-state index contributed by atoms with van der Waals surface area (Å²) in [7, 11) is 0. The van der Waals surface area contributed by atoms with Crippen molar-refractivity contribution < 1.29 is 4.74 Å². The lowest BCUT2D eigenvalue weighted by Crippen LogP contribution is -2.28. The maximum absolute atomic E-state index is 8.96. The van der Waals surface area contributed by atoms with Gasteiger partial charge in [-0.25, -0.2) is 0 Å². The van der Waals surface area contributed by atoms with Crippen molar-refractivity contribution in [3.63, 3.8) is 0 Å². The molecule has 1 unspecified atom stereocenters. The number of hydrogen-bond acceptors (Lipinski definition) is 3. The molecule has 0 spiro atoms. The second-order valence-electron chi connectivity index (χ2n) is 4.22. The van der Waals surface area contributed by atoms with Gasteiger partial charge in [-0.15, -0.1) is 0 Å². The minimum absolute atomic E-state index is 0.437. The van der Waals surface area contributed by atoms with E-state index in [4.69, 9.17) is 10.00 Å². The molecule has 3 nitrogen and oxygen atoms in total. The number of aryl methyl sites for hydroxylation is 1. The van der Waals surface area contributed by atoms with Crippen LogP contribution >= 0.6 is 0 Å². The van der Waals surface area contributed by atoms with Crippen LogP contribution in [-0.4, -0.2) is 19.2 Å². The predicted octanol–water partition coefficient (Wildman–Crippen LogP) is 2.00. The van der Waals surface area contributed by atoms with E-state index in [0.717, 1.165) is 18.5 Å². The normalized spacial score (nSPS) is 19.4. The molecule has 1 fully saturated rings. The number of nitrogens with one attached hydrogen (secondary N) is 1. The molecule has 1 N–H and O–H groups in total. The quantitative estimate of drug-likeness (QED) is 0.840. The van der Waals surface area contributed by atoms with Gasteiger partial charge < -0.3 is 10.1 Å². The Kier molecular flexibility index (Phi) is 3.43. The molecule has 0 aliphatic carbocycles. The zero-order chi connectivity index (χ0) is 11.4. The molecular formula is C13H16N2O. The molecule has 3 heteroatoms. The van der Waals surface area contributed by atoms with Gasteiger partial charge in [0.25, 0.3) is 0 Å². The SMILES string of the molecule is Cc1ccc(C#N)c(OCC2CCCN2)c1. The first-order valence-corrected chi connectivity index (χ1v) is 5.66. The number of hydrogen-bond donors (Lipinski definition) is 1. The lowest BCUT2D eigenvalue weighted by molar-refractivity contribution is 0.276. The Morgan fingerprint density at radius 1 is 1.56 bits per heavy atom. The highest BCUT2D eigenvalue weighted by molar-refractivity contribution is 5.45. The van der Waals surface area contributed by atoms with E-state index in [2.05, 4.69) is 11.4 Å². The van der Waals surface area contributed by atoms with E-state index in [1.807, 2.05) is 25.1 Å². The summed E-state index contributed by atoms with van der Waals surface area (Å²) < 4.78 is 5.71. The molecule has 0 saturated carbocycles. The van der Waals surface area contributed by atoms with Crippen molar-refractivity contribution in [1.29, 1.82) is 5.26 Å². The molecule has 0 radical (unpaired) electrons. The van der Waals surface area contributed by atoms with Crippen molar-refractivity contribution in [3.05, 3.63) is 29.3 Å². The smallest absolute Gasteiger partial charge is 0.137 e. The molecule has 1 aliphatic rings. The summed E-state index contributed by atoms with van der Waals surface area (Å²) in [5.74, 6) is 0.705. The molecule has 1 aromatic rings. The van der Waals surface area contributed by atoms with Crippen LogP contribution in [0.4, 0.5) is 0 Å². The Labute approximate surface area is 96.0 Å². The van der Waals surface area contributed by atoms with Crippen molar-refractivity contribution in [2.24, 2.45) is 0 Å². The fraction of sp³-hybridized carbons (Fsp3) is 0.462. The molecule has 0 aromatic heterocycles. The molecule has 1 atom stereocenters. The Balaban J connectivity index is 2.02. The first kappa shape index (κ1) is 11.0. The van der Waals surface area contributed by atoms with E-state index in [1.54, 1.807) is 0 Å². The van der Waals surface area contributed by atoms with Crippen LogP contribution in [0.5, 0.6) is 5.75 Å². The minimum atomic E-state index is 0.437. The second kappa shape index (κ2) is 5.00. The van der Waals surface area contributed by atoms with E-state index in [9.17, 15) is 0 Å². The van der Waals surface area contributed by atoms with E-state index >= 15 is 0 Å². The molecule has 0 bridgehead atoms. The summed E-state index contributed by atoms with van der Waals surface area (Å²) in [6.07, 6.45) is 2.38. The van der Waals surface area contributed by atoms with Crippen LogP contribution in [0, 0.1) is 18.3 Å². The van der Waals surface area contributed by atoms with Crippen molar-refractivity contribution in [2.75, 3.05) is 13.2 Å². The van der Waals surface area contributed by atoms with Gasteiger partial charge in [0.2, 0.25) is 0 Å². The van der Waals surface area contributed by atoms with Crippen LogP contribution in [0.3, 0.4) is 0 Å². The Morgan fingerprint density at radius 3 is 3.12 bits per heavy atom. The first-order chi connectivity index (χ1) is 7.79. The highest BCUT2D eigenvalue weighted by atomic mass is 16.5. The number of benzene rings is 1. The number of nitrogens with zero attached hydrogens (tertiary/aromatic N) is 1. The lowest BCUT2D eigenvalue weighted by Gasteiger charge is -2.13. The van der Waals surface area contributed by atoms with Gasteiger partial charge in [0.15, 0.2) is 0 Å². The number of rotatable bonds is 3. The van der Waals surface area contributed by atoms with Crippen LogP contribution in [0.15, 0.2) is 18.2 Å². The standard InChI is InChI=1S/C13H16N2O/c1-10-4-5-11(8-14)13(7-10)16-9-12-3-2-6-15-12/h4-5,7,12,15H,2-3,6,9H2,1H3. The summed E-state index contributed by atoms with van der Waals surface area (Å²) >= 11 is 0. The van der Waals surface area contributed by atoms with Crippen molar-refractivity contribution in [1.82, 2.24) is 5.32 Å². The third-order valence-corrected chi connectivity index (χ3v) is 2.86. The summed E-state index contributed by atoms with van der Waals surface area (Å²) in [5, 5.41) is 12.3. The van der Waals surface area contributed by atoms with E-state index in [0.29, 0.717) is 24.0 Å². The molecule has 16 heavy (non-hydrogen) atoms. The zero-order valence-electron chi connectivity index (χ0n) is 9.49. The summed E-state index contributed by atoms with van der Waals surface area (Å²) in [4.78, 5) is 0. The van der Waals surface area contributed by atoms with Crippen LogP contribution in [0.2, 0.25) is 0 Å².